The summed E-state index contributed by atoms with van der Waals surface area (Å²) in [6.07, 6.45) is 4.04. The number of aromatic nitrogens is 1. The summed E-state index contributed by atoms with van der Waals surface area (Å²) in [4.78, 5) is 12.8. The van der Waals surface area contributed by atoms with E-state index in [1.54, 1.807) is 0 Å². The largest absolute Gasteiger partial charge is 0.493 e. The molecule has 0 saturated heterocycles. The van der Waals surface area contributed by atoms with E-state index in [0.717, 1.165) is 56.8 Å². The van der Waals surface area contributed by atoms with Gasteiger partial charge in [-0.25, -0.2) is 0 Å². The Morgan fingerprint density at radius 3 is 2.72 bits per heavy atom. The van der Waals surface area contributed by atoms with Crippen LogP contribution in [0.1, 0.15) is 23.2 Å². The summed E-state index contributed by atoms with van der Waals surface area (Å²) >= 11 is 0. The molecular weight excluding hydrogens is 386 g/mol. The second-order valence-electron chi connectivity index (χ2n) is 7.56. The Morgan fingerprint density at radius 2 is 1.86 bits per heavy atom. The van der Waals surface area contributed by atoms with Crippen molar-refractivity contribution in [3.8, 4) is 5.75 Å². The zero-order chi connectivity index (χ0) is 18.9. The minimum atomic E-state index is 0. The van der Waals surface area contributed by atoms with Crippen LogP contribution in [0.4, 0.5) is 5.69 Å². The molecule has 2 aliphatic heterocycles. The zero-order valence-electron chi connectivity index (χ0n) is 16.4. The van der Waals surface area contributed by atoms with Crippen molar-refractivity contribution in [2.75, 3.05) is 25.0 Å². The lowest BCUT2D eigenvalue weighted by molar-refractivity contribution is -0.116. The van der Waals surface area contributed by atoms with Crippen molar-refractivity contribution in [2.45, 2.75) is 32.2 Å². The maximum atomic E-state index is 12.8. The van der Waals surface area contributed by atoms with Crippen LogP contribution in [0, 0.1) is 0 Å². The molecule has 0 fully saturated rings. The number of nitrogens with one attached hydrogen (secondary N) is 2. The monoisotopic (exact) mass is 411 g/mol. The molecule has 0 aliphatic carbocycles. The minimum Gasteiger partial charge on any atom is -0.493 e. The van der Waals surface area contributed by atoms with E-state index < -0.39 is 0 Å². The normalized spacial score (nSPS) is 15.4. The number of carbonyl (C=O) groups excluding carboxylic acids is 1. The number of amides is 1. The number of ether oxygens (including phenoxy) is 1. The molecule has 2 aliphatic rings. The summed E-state index contributed by atoms with van der Waals surface area (Å²) in [7, 11) is 0. The first-order valence-electron chi connectivity index (χ1n) is 10.2. The van der Waals surface area contributed by atoms with Crippen molar-refractivity contribution in [1.82, 2.24) is 9.88 Å². The summed E-state index contributed by atoms with van der Waals surface area (Å²) in [6.45, 7) is 3.05. The molecule has 5 rings (SSSR count). The van der Waals surface area contributed by atoms with E-state index in [2.05, 4.69) is 27.3 Å². The number of hydrogen-bond acceptors (Lipinski definition) is 3. The van der Waals surface area contributed by atoms with Crippen LogP contribution >= 0.6 is 12.4 Å². The van der Waals surface area contributed by atoms with Gasteiger partial charge in [0.15, 0.2) is 0 Å². The molecule has 2 aromatic carbocycles. The molecule has 0 bridgehead atoms. The predicted octanol–water partition coefficient (Wildman–Crippen LogP) is 3.72. The highest BCUT2D eigenvalue weighted by atomic mass is 35.5. The Kier molecular flexibility index (Phi) is 5.79. The van der Waals surface area contributed by atoms with Gasteiger partial charge in [0.25, 0.3) is 0 Å². The van der Waals surface area contributed by atoms with Crippen LogP contribution in [0.3, 0.4) is 0 Å². The van der Waals surface area contributed by atoms with Gasteiger partial charge in [-0.15, -0.1) is 12.4 Å². The first-order chi connectivity index (χ1) is 13.8. The number of fused-ring (bicyclic) bond motifs is 5. The van der Waals surface area contributed by atoms with Gasteiger partial charge in [0.05, 0.1) is 6.61 Å². The summed E-state index contributed by atoms with van der Waals surface area (Å²) < 4.78 is 8.15. The molecule has 152 valence electrons. The van der Waals surface area contributed by atoms with Gasteiger partial charge in [-0.3, -0.25) is 4.79 Å². The van der Waals surface area contributed by atoms with E-state index in [4.69, 9.17) is 4.74 Å². The number of para-hydroxylation sites is 1. The van der Waals surface area contributed by atoms with E-state index in [9.17, 15) is 4.79 Å². The zero-order valence-corrected chi connectivity index (χ0v) is 17.2. The van der Waals surface area contributed by atoms with E-state index in [0.29, 0.717) is 6.54 Å². The minimum absolute atomic E-state index is 0. The fraction of sp³-hybridized carbons (Fsp3) is 0.348. The molecule has 0 atom stereocenters. The van der Waals surface area contributed by atoms with E-state index in [-0.39, 0.29) is 18.3 Å². The number of hydrogen-bond donors (Lipinski definition) is 2. The quantitative estimate of drug-likeness (QED) is 0.690. The number of aryl methyl sites for hydroxylation is 1. The molecular formula is C23H26ClN3O2. The molecule has 0 radical (unpaired) electrons. The maximum absolute atomic E-state index is 12.8. The van der Waals surface area contributed by atoms with Crippen LogP contribution in [0.25, 0.3) is 10.9 Å². The van der Waals surface area contributed by atoms with Crippen molar-refractivity contribution >= 4 is 34.9 Å². The second-order valence-corrected chi connectivity index (χ2v) is 7.56. The smallest absolute Gasteiger partial charge is 0.244 e. The standard InChI is InChI=1S/C23H25N3O2.ClH/c27-22(25-16-5-2-1-3-6-16)15-26-19-11-13-24-12-10-17(19)23-18-7-4-14-28-21(18)9-8-20(23)26;/h1-3,5-6,8-9,24H,4,7,10-15H2,(H,25,27);1H. The van der Waals surface area contributed by atoms with E-state index >= 15 is 0 Å². The fourth-order valence-corrected chi connectivity index (χ4v) is 4.59. The van der Waals surface area contributed by atoms with Crippen LogP contribution in [0.2, 0.25) is 0 Å². The number of carbonyl (C=O) groups is 1. The predicted molar refractivity (Wildman–Crippen MR) is 118 cm³/mol. The van der Waals surface area contributed by atoms with Crippen LogP contribution in [-0.4, -0.2) is 30.2 Å². The summed E-state index contributed by atoms with van der Waals surface area (Å²) in [6, 6.07) is 13.9. The molecule has 1 aromatic heterocycles. The van der Waals surface area contributed by atoms with Gasteiger partial charge < -0.3 is 19.9 Å². The Bertz CT molecular complexity index is 1030. The fourth-order valence-electron chi connectivity index (χ4n) is 4.59. The van der Waals surface area contributed by atoms with Crippen LogP contribution < -0.4 is 15.4 Å². The van der Waals surface area contributed by atoms with Gasteiger partial charge >= 0.3 is 0 Å². The third kappa shape index (κ3) is 3.72. The van der Waals surface area contributed by atoms with Crippen molar-refractivity contribution in [3.63, 3.8) is 0 Å². The highest BCUT2D eigenvalue weighted by Gasteiger charge is 2.25. The summed E-state index contributed by atoms with van der Waals surface area (Å²) in [5.74, 6) is 1.03. The summed E-state index contributed by atoms with van der Waals surface area (Å²) in [5.41, 5.74) is 6.02. The van der Waals surface area contributed by atoms with Crippen molar-refractivity contribution in [3.05, 3.63) is 59.3 Å². The molecule has 6 heteroatoms. The Labute approximate surface area is 176 Å². The lowest BCUT2D eigenvalue weighted by atomic mass is 9.97. The van der Waals surface area contributed by atoms with Gasteiger partial charge in [-0.1, -0.05) is 18.2 Å². The second kappa shape index (κ2) is 8.47. The van der Waals surface area contributed by atoms with Crippen molar-refractivity contribution in [2.24, 2.45) is 0 Å². The van der Waals surface area contributed by atoms with Gasteiger partial charge in [-0.2, -0.15) is 0 Å². The highest BCUT2D eigenvalue weighted by molar-refractivity contribution is 5.95. The Morgan fingerprint density at radius 1 is 1.03 bits per heavy atom. The van der Waals surface area contributed by atoms with Crippen LogP contribution in [-0.2, 0) is 30.6 Å². The maximum Gasteiger partial charge on any atom is 0.244 e. The molecule has 0 unspecified atom stereocenters. The topological polar surface area (TPSA) is 55.3 Å². The number of nitrogens with zero attached hydrogens (tertiary/aromatic N) is 1. The van der Waals surface area contributed by atoms with E-state index in [1.165, 1.54) is 27.7 Å². The van der Waals surface area contributed by atoms with Gasteiger partial charge in [0, 0.05) is 40.8 Å². The van der Waals surface area contributed by atoms with Crippen molar-refractivity contribution in [1.29, 1.82) is 0 Å². The molecule has 29 heavy (non-hydrogen) atoms. The number of anilines is 1. The molecule has 3 aromatic rings. The number of rotatable bonds is 3. The Balaban J connectivity index is 0.00000205. The number of benzene rings is 2. The summed E-state index contributed by atoms with van der Waals surface area (Å²) in [5, 5.41) is 7.85. The average Bonchev–Trinajstić information content (AvgIpc) is 2.87. The average molecular weight is 412 g/mol. The third-order valence-electron chi connectivity index (χ3n) is 5.79. The molecule has 0 spiro atoms. The van der Waals surface area contributed by atoms with Crippen molar-refractivity contribution < 1.29 is 9.53 Å². The molecule has 0 saturated carbocycles. The van der Waals surface area contributed by atoms with Crippen LogP contribution in [0.5, 0.6) is 5.75 Å². The molecule has 1 amide bonds. The Hall–Kier alpha value is -2.50. The lowest BCUT2D eigenvalue weighted by Gasteiger charge is -2.19. The van der Waals surface area contributed by atoms with E-state index in [1.807, 2.05) is 30.3 Å². The SMILES string of the molecule is Cl.O=C(Cn1c2c(c3c4c(ccc31)OCCC4)CCNCC2)Nc1ccccc1. The first kappa shape index (κ1) is 19.8. The van der Waals surface area contributed by atoms with Gasteiger partial charge in [0.2, 0.25) is 5.91 Å². The third-order valence-corrected chi connectivity index (χ3v) is 5.79. The van der Waals surface area contributed by atoms with Crippen LogP contribution in [0.15, 0.2) is 42.5 Å². The van der Waals surface area contributed by atoms with Gasteiger partial charge in [0.1, 0.15) is 12.3 Å². The first-order valence-corrected chi connectivity index (χ1v) is 10.2. The highest BCUT2D eigenvalue weighted by Crippen LogP contribution is 2.38. The number of halogens is 1. The molecule has 3 heterocycles. The lowest BCUT2D eigenvalue weighted by Crippen LogP contribution is -2.21. The molecule has 2 N–H and O–H groups in total. The van der Waals surface area contributed by atoms with Gasteiger partial charge in [-0.05, 0) is 55.6 Å². The molecule has 5 nitrogen and oxygen atoms in total.